The van der Waals surface area contributed by atoms with Gasteiger partial charge in [-0.1, -0.05) is 24.3 Å². The molecule has 0 fully saturated rings. The van der Waals surface area contributed by atoms with Crippen LogP contribution < -0.4 is 0 Å². The number of aromatic amines is 2. The van der Waals surface area contributed by atoms with Gasteiger partial charge < -0.3 is 9.97 Å². The van der Waals surface area contributed by atoms with Crippen molar-refractivity contribution in [2.45, 2.75) is 0 Å². The van der Waals surface area contributed by atoms with Crippen LogP contribution in [0.4, 0.5) is 0 Å². The van der Waals surface area contributed by atoms with Crippen molar-refractivity contribution in [3.05, 3.63) is 114 Å². The summed E-state index contributed by atoms with van der Waals surface area (Å²) in [7, 11) is 0. The van der Waals surface area contributed by atoms with E-state index < -0.39 is 0 Å². The van der Waals surface area contributed by atoms with Gasteiger partial charge in [0.2, 0.25) is 0 Å². The Hall–Kier alpha value is -4.11. The average molecular weight is 626 g/mol. The summed E-state index contributed by atoms with van der Waals surface area (Å²) in [6.07, 6.45) is 9.90. The number of hydrogen-bond donors (Lipinski definition) is 2. The van der Waals surface area contributed by atoms with Gasteiger partial charge in [0.15, 0.2) is 0 Å². The SMILES string of the molecule is C1=Cc2cc3ccc(cc4nc(cc5ccc(cc1n2)[nH]5)C=C4)[nH]3.[Re].c1ccc2ncccc2c1. The van der Waals surface area contributed by atoms with Crippen molar-refractivity contribution in [2.24, 2.45) is 0 Å². The number of rotatable bonds is 0. The predicted molar refractivity (Wildman–Crippen MR) is 141 cm³/mol. The van der Waals surface area contributed by atoms with E-state index >= 15 is 0 Å². The zero-order valence-electron chi connectivity index (χ0n) is 18.7. The average Bonchev–Trinajstić information content (AvgIpc) is 3.66. The standard InChI is InChI=1S/C20H14N4.C9H7N.Re/c1-2-14-10-16-5-6-18(23-16)12-20-8-7-19(24-20)11-17-4-3-15(22-17)9-13(1)21-14;1-2-6-9-8(4-1)5-3-7-10-9;/h1-12,21,24H;1-7H;. The molecule has 6 heteroatoms. The molecule has 169 valence electrons. The van der Waals surface area contributed by atoms with Crippen molar-refractivity contribution in [1.82, 2.24) is 24.9 Å². The Labute approximate surface area is 216 Å². The fraction of sp³-hybridized carbons (Fsp3) is 0. The molecule has 0 saturated heterocycles. The quantitative estimate of drug-likeness (QED) is 0.193. The van der Waals surface area contributed by atoms with E-state index in [-0.39, 0.29) is 20.4 Å². The molecule has 4 aromatic heterocycles. The van der Waals surface area contributed by atoms with Crippen molar-refractivity contribution in [3.63, 3.8) is 0 Å². The second kappa shape index (κ2) is 10.0. The molecule has 6 heterocycles. The number of aromatic nitrogens is 5. The fourth-order valence-electron chi connectivity index (χ4n) is 3.96. The Morgan fingerprint density at radius 1 is 0.486 bits per heavy atom. The van der Waals surface area contributed by atoms with Gasteiger partial charge in [-0.3, -0.25) is 4.98 Å². The smallest absolute Gasteiger partial charge is 0.0701 e. The zero-order valence-corrected chi connectivity index (χ0v) is 21.4. The molecule has 35 heavy (non-hydrogen) atoms. The summed E-state index contributed by atoms with van der Waals surface area (Å²) in [5.74, 6) is 0. The molecule has 5 nitrogen and oxygen atoms in total. The third kappa shape index (κ3) is 5.36. The normalized spacial score (nSPS) is 11.5. The first-order chi connectivity index (χ1) is 16.8. The zero-order chi connectivity index (χ0) is 22.7. The Bertz CT molecular complexity index is 1490. The van der Waals surface area contributed by atoms with E-state index in [1.807, 2.05) is 79.0 Å². The van der Waals surface area contributed by atoms with Crippen LogP contribution in [0, 0.1) is 0 Å². The molecule has 2 aliphatic rings. The van der Waals surface area contributed by atoms with E-state index in [2.05, 4.69) is 61.3 Å². The van der Waals surface area contributed by atoms with Crippen LogP contribution in [-0.4, -0.2) is 24.9 Å². The maximum Gasteiger partial charge on any atom is 0.0701 e. The summed E-state index contributed by atoms with van der Waals surface area (Å²) >= 11 is 0. The molecule has 7 rings (SSSR count). The van der Waals surface area contributed by atoms with E-state index in [4.69, 9.17) is 0 Å². The first-order valence-electron chi connectivity index (χ1n) is 11.1. The maximum absolute atomic E-state index is 4.63. The number of nitrogens with one attached hydrogen (secondary N) is 2. The molecular weight excluding hydrogens is 605 g/mol. The van der Waals surface area contributed by atoms with Crippen molar-refractivity contribution in [1.29, 1.82) is 0 Å². The van der Waals surface area contributed by atoms with Crippen molar-refractivity contribution in [3.8, 4) is 0 Å². The molecule has 8 bridgehead atoms. The van der Waals surface area contributed by atoms with Crippen molar-refractivity contribution < 1.29 is 20.4 Å². The molecule has 0 aliphatic carbocycles. The number of nitrogens with zero attached hydrogens (tertiary/aromatic N) is 3. The van der Waals surface area contributed by atoms with Gasteiger partial charge in [0, 0.05) is 54.1 Å². The number of H-pyrrole nitrogens is 2. The first-order valence-corrected chi connectivity index (χ1v) is 11.1. The molecular formula is C29H21N5Re. The third-order valence-corrected chi connectivity index (χ3v) is 5.55. The number of para-hydroxylation sites is 1. The Balaban J connectivity index is 0.000000194. The van der Waals surface area contributed by atoms with Crippen molar-refractivity contribution >= 4 is 57.3 Å². The van der Waals surface area contributed by atoms with Gasteiger partial charge >= 0.3 is 0 Å². The summed E-state index contributed by atoms with van der Waals surface area (Å²) in [5.41, 5.74) is 8.92. The van der Waals surface area contributed by atoms with Gasteiger partial charge in [0.05, 0.1) is 28.3 Å². The molecule has 0 spiro atoms. The molecule has 1 aromatic carbocycles. The van der Waals surface area contributed by atoms with Gasteiger partial charge in [-0.15, -0.1) is 0 Å². The topological polar surface area (TPSA) is 70.2 Å². The third-order valence-electron chi connectivity index (χ3n) is 5.55. The van der Waals surface area contributed by atoms with Gasteiger partial charge in [-0.05, 0) is 85.0 Å². The van der Waals surface area contributed by atoms with Crippen LogP contribution >= 0.6 is 0 Å². The van der Waals surface area contributed by atoms with Crippen LogP contribution in [-0.2, 0) is 20.4 Å². The van der Waals surface area contributed by atoms with E-state index in [9.17, 15) is 0 Å². The minimum atomic E-state index is 0. The first kappa shape index (κ1) is 22.7. The molecule has 0 amide bonds. The monoisotopic (exact) mass is 626 g/mol. The van der Waals surface area contributed by atoms with E-state index in [1.165, 1.54) is 5.39 Å². The molecule has 0 saturated carbocycles. The molecule has 1 radical (unpaired) electrons. The van der Waals surface area contributed by atoms with Crippen LogP contribution in [0.3, 0.4) is 0 Å². The van der Waals surface area contributed by atoms with Crippen molar-refractivity contribution in [2.75, 3.05) is 0 Å². The van der Waals surface area contributed by atoms with Crippen LogP contribution in [0.25, 0.3) is 57.3 Å². The fourth-order valence-corrected chi connectivity index (χ4v) is 3.96. The van der Waals surface area contributed by atoms with Crippen LogP contribution in [0.5, 0.6) is 0 Å². The molecule has 2 N–H and O–H groups in total. The van der Waals surface area contributed by atoms with Gasteiger partial charge in [-0.25, -0.2) is 9.97 Å². The Morgan fingerprint density at radius 3 is 1.37 bits per heavy atom. The summed E-state index contributed by atoms with van der Waals surface area (Å²) in [6.45, 7) is 0. The number of fused-ring (bicyclic) bond motifs is 9. The second-order valence-corrected chi connectivity index (χ2v) is 8.10. The molecule has 0 atom stereocenters. The maximum atomic E-state index is 4.63. The second-order valence-electron chi connectivity index (χ2n) is 8.10. The van der Waals surface area contributed by atoms with E-state index in [0.29, 0.717) is 0 Å². The minimum absolute atomic E-state index is 0. The van der Waals surface area contributed by atoms with Crippen LogP contribution in [0.15, 0.2) is 91.1 Å². The predicted octanol–water partition coefficient (Wildman–Crippen LogP) is 6.89. The summed E-state index contributed by atoms with van der Waals surface area (Å²) in [5, 5.41) is 1.20. The van der Waals surface area contributed by atoms with Crippen LogP contribution in [0.2, 0.25) is 0 Å². The summed E-state index contributed by atoms with van der Waals surface area (Å²) in [6, 6.07) is 28.4. The van der Waals surface area contributed by atoms with E-state index in [0.717, 1.165) is 50.4 Å². The Kier molecular flexibility index (Phi) is 6.49. The summed E-state index contributed by atoms with van der Waals surface area (Å²) in [4.78, 5) is 20.2. The molecule has 2 aliphatic heterocycles. The van der Waals surface area contributed by atoms with Gasteiger partial charge in [0.25, 0.3) is 0 Å². The molecule has 0 unspecified atom stereocenters. The van der Waals surface area contributed by atoms with E-state index in [1.54, 1.807) is 0 Å². The molecule has 5 aromatic rings. The Morgan fingerprint density at radius 2 is 0.914 bits per heavy atom. The van der Waals surface area contributed by atoms with Crippen LogP contribution in [0.1, 0.15) is 22.8 Å². The van der Waals surface area contributed by atoms with Gasteiger partial charge in [0.1, 0.15) is 0 Å². The number of benzene rings is 1. The summed E-state index contributed by atoms with van der Waals surface area (Å²) < 4.78 is 0. The largest absolute Gasteiger partial charge is 0.355 e. The number of pyridine rings is 1. The minimum Gasteiger partial charge on any atom is -0.355 e. The number of hydrogen-bond acceptors (Lipinski definition) is 3. The van der Waals surface area contributed by atoms with Gasteiger partial charge in [-0.2, -0.15) is 0 Å².